The lowest BCUT2D eigenvalue weighted by atomic mass is 10.0. The number of rotatable bonds is 1. The van der Waals surface area contributed by atoms with E-state index in [1.807, 2.05) is 6.07 Å². The number of hydrogen-bond acceptors (Lipinski definition) is 2. The van der Waals surface area contributed by atoms with E-state index in [0.717, 1.165) is 12.1 Å². The SMILES string of the molecule is Cc1cc(-c2ccc(C(F)(F)F)cc2)cc(C#N)n1. The number of hydrogen-bond donors (Lipinski definition) is 0. The number of aromatic nitrogens is 1. The maximum Gasteiger partial charge on any atom is 0.416 e. The van der Waals surface area contributed by atoms with E-state index in [-0.39, 0.29) is 5.69 Å². The molecule has 0 atom stereocenters. The summed E-state index contributed by atoms with van der Waals surface area (Å²) in [5.41, 5.74) is 1.50. The minimum Gasteiger partial charge on any atom is -0.242 e. The third-order valence-corrected chi connectivity index (χ3v) is 2.61. The van der Waals surface area contributed by atoms with E-state index in [1.165, 1.54) is 12.1 Å². The molecular weight excluding hydrogens is 253 g/mol. The summed E-state index contributed by atoms with van der Waals surface area (Å²) in [5.74, 6) is 0. The quantitative estimate of drug-likeness (QED) is 0.780. The molecule has 0 saturated carbocycles. The molecule has 0 radical (unpaired) electrons. The Hall–Kier alpha value is -2.35. The van der Waals surface area contributed by atoms with Crippen LogP contribution in [-0.4, -0.2) is 4.98 Å². The van der Waals surface area contributed by atoms with Crippen molar-refractivity contribution in [1.82, 2.24) is 4.98 Å². The van der Waals surface area contributed by atoms with Gasteiger partial charge >= 0.3 is 6.18 Å². The van der Waals surface area contributed by atoms with Crippen molar-refractivity contribution < 1.29 is 13.2 Å². The van der Waals surface area contributed by atoms with E-state index < -0.39 is 11.7 Å². The number of nitrogens with zero attached hydrogens (tertiary/aromatic N) is 2. The Morgan fingerprint density at radius 2 is 1.68 bits per heavy atom. The van der Waals surface area contributed by atoms with Crippen LogP contribution in [0.25, 0.3) is 11.1 Å². The van der Waals surface area contributed by atoms with Crippen molar-refractivity contribution in [2.45, 2.75) is 13.1 Å². The normalized spacial score (nSPS) is 11.1. The molecule has 2 aromatic rings. The maximum absolute atomic E-state index is 12.5. The minimum atomic E-state index is -4.34. The summed E-state index contributed by atoms with van der Waals surface area (Å²) in [6, 6.07) is 10.0. The zero-order valence-electron chi connectivity index (χ0n) is 9.99. The molecule has 0 aliphatic heterocycles. The van der Waals surface area contributed by atoms with Gasteiger partial charge < -0.3 is 0 Å². The van der Waals surface area contributed by atoms with Gasteiger partial charge in [-0.05, 0) is 42.3 Å². The first kappa shape index (κ1) is 13.1. The Bertz CT molecular complexity index is 637. The molecular formula is C14H9F3N2. The molecule has 0 unspecified atom stereocenters. The zero-order chi connectivity index (χ0) is 14.0. The highest BCUT2D eigenvalue weighted by Crippen LogP contribution is 2.31. The molecule has 0 spiro atoms. The van der Waals surface area contributed by atoms with Gasteiger partial charge in [0.15, 0.2) is 0 Å². The van der Waals surface area contributed by atoms with Gasteiger partial charge in [-0.15, -0.1) is 0 Å². The summed E-state index contributed by atoms with van der Waals surface area (Å²) >= 11 is 0. The topological polar surface area (TPSA) is 36.7 Å². The van der Waals surface area contributed by atoms with E-state index >= 15 is 0 Å². The van der Waals surface area contributed by atoms with Crippen LogP contribution in [0.15, 0.2) is 36.4 Å². The third-order valence-electron chi connectivity index (χ3n) is 2.61. The lowest BCUT2D eigenvalue weighted by molar-refractivity contribution is -0.137. The van der Waals surface area contributed by atoms with Crippen LogP contribution < -0.4 is 0 Å². The Labute approximate surface area is 108 Å². The lowest BCUT2D eigenvalue weighted by Crippen LogP contribution is -2.04. The molecule has 0 saturated heterocycles. The highest BCUT2D eigenvalue weighted by molar-refractivity contribution is 5.65. The van der Waals surface area contributed by atoms with Gasteiger partial charge in [0.1, 0.15) is 11.8 Å². The second-order valence-electron chi connectivity index (χ2n) is 4.07. The Morgan fingerprint density at radius 3 is 2.21 bits per heavy atom. The molecule has 1 heterocycles. The average Bonchev–Trinajstić information content (AvgIpc) is 2.37. The minimum absolute atomic E-state index is 0.245. The van der Waals surface area contributed by atoms with Gasteiger partial charge in [0.25, 0.3) is 0 Å². The van der Waals surface area contributed by atoms with Crippen LogP contribution in [0.5, 0.6) is 0 Å². The molecule has 96 valence electrons. The number of pyridine rings is 1. The Balaban J connectivity index is 2.43. The van der Waals surface area contributed by atoms with Crippen LogP contribution in [0.1, 0.15) is 17.0 Å². The van der Waals surface area contributed by atoms with E-state index in [2.05, 4.69) is 4.98 Å². The van der Waals surface area contributed by atoms with Gasteiger partial charge in [-0.3, -0.25) is 0 Å². The van der Waals surface area contributed by atoms with Crippen molar-refractivity contribution in [2.24, 2.45) is 0 Å². The van der Waals surface area contributed by atoms with Crippen LogP contribution >= 0.6 is 0 Å². The molecule has 2 rings (SSSR count). The molecule has 0 bridgehead atoms. The molecule has 5 heteroatoms. The van der Waals surface area contributed by atoms with Crippen molar-refractivity contribution in [3.05, 3.63) is 53.3 Å². The van der Waals surface area contributed by atoms with E-state index in [4.69, 9.17) is 5.26 Å². The fourth-order valence-corrected chi connectivity index (χ4v) is 1.74. The molecule has 2 nitrogen and oxygen atoms in total. The van der Waals surface area contributed by atoms with E-state index in [0.29, 0.717) is 16.8 Å². The fraction of sp³-hybridized carbons (Fsp3) is 0.143. The molecule has 0 amide bonds. The van der Waals surface area contributed by atoms with Crippen LogP contribution in [0.3, 0.4) is 0 Å². The zero-order valence-corrected chi connectivity index (χ0v) is 9.99. The highest BCUT2D eigenvalue weighted by atomic mass is 19.4. The molecule has 0 N–H and O–H groups in total. The van der Waals surface area contributed by atoms with Crippen molar-refractivity contribution >= 4 is 0 Å². The molecule has 0 fully saturated rings. The fourth-order valence-electron chi connectivity index (χ4n) is 1.74. The molecule has 1 aromatic carbocycles. The monoisotopic (exact) mass is 262 g/mol. The standard InChI is InChI=1S/C14H9F3N2/c1-9-6-11(7-13(8-18)19-9)10-2-4-12(5-3-10)14(15,16)17/h2-7H,1H3. The second kappa shape index (κ2) is 4.73. The Kier molecular flexibility index (Phi) is 3.26. The first-order valence-electron chi connectivity index (χ1n) is 5.46. The summed E-state index contributed by atoms with van der Waals surface area (Å²) in [6.07, 6.45) is -4.34. The van der Waals surface area contributed by atoms with Gasteiger partial charge in [-0.25, -0.2) is 4.98 Å². The number of halogens is 3. The van der Waals surface area contributed by atoms with Crippen LogP contribution in [0.4, 0.5) is 13.2 Å². The third kappa shape index (κ3) is 2.91. The number of aryl methyl sites for hydroxylation is 1. The molecule has 19 heavy (non-hydrogen) atoms. The van der Waals surface area contributed by atoms with Gasteiger partial charge in [0.05, 0.1) is 5.56 Å². The van der Waals surface area contributed by atoms with Crippen molar-refractivity contribution in [3.63, 3.8) is 0 Å². The number of alkyl halides is 3. The van der Waals surface area contributed by atoms with Crippen LogP contribution in [-0.2, 0) is 6.18 Å². The average molecular weight is 262 g/mol. The molecule has 0 aliphatic rings. The first-order chi connectivity index (χ1) is 8.90. The van der Waals surface area contributed by atoms with E-state index in [9.17, 15) is 13.2 Å². The second-order valence-corrected chi connectivity index (χ2v) is 4.07. The lowest BCUT2D eigenvalue weighted by Gasteiger charge is -2.08. The van der Waals surface area contributed by atoms with Crippen molar-refractivity contribution in [3.8, 4) is 17.2 Å². The van der Waals surface area contributed by atoms with Gasteiger partial charge in [0, 0.05) is 5.69 Å². The first-order valence-corrected chi connectivity index (χ1v) is 5.46. The van der Waals surface area contributed by atoms with Crippen molar-refractivity contribution in [2.75, 3.05) is 0 Å². The van der Waals surface area contributed by atoms with Gasteiger partial charge in [-0.1, -0.05) is 12.1 Å². The highest BCUT2D eigenvalue weighted by Gasteiger charge is 2.29. The van der Waals surface area contributed by atoms with Gasteiger partial charge in [-0.2, -0.15) is 18.4 Å². The van der Waals surface area contributed by atoms with Crippen LogP contribution in [0.2, 0.25) is 0 Å². The number of nitriles is 1. The summed E-state index contributed by atoms with van der Waals surface area (Å²) < 4.78 is 37.4. The Morgan fingerprint density at radius 1 is 1.05 bits per heavy atom. The predicted octanol–water partition coefficient (Wildman–Crippen LogP) is 3.95. The largest absolute Gasteiger partial charge is 0.416 e. The van der Waals surface area contributed by atoms with Gasteiger partial charge in [0.2, 0.25) is 0 Å². The predicted molar refractivity (Wildman–Crippen MR) is 64.1 cm³/mol. The smallest absolute Gasteiger partial charge is 0.242 e. The number of benzene rings is 1. The molecule has 0 aliphatic carbocycles. The summed E-state index contributed by atoms with van der Waals surface area (Å²) in [5, 5.41) is 8.82. The van der Waals surface area contributed by atoms with Crippen LogP contribution in [0, 0.1) is 18.3 Å². The summed E-state index contributed by atoms with van der Waals surface area (Å²) in [6.45, 7) is 1.73. The van der Waals surface area contributed by atoms with E-state index in [1.54, 1.807) is 19.1 Å². The maximum atomic E-state index is 12.5. The van der Waals surface area contributed by atoms with Crippen molar-refractivity contribution in [1.29, 1.82) is 5.26 Å². The molecule has 1 aromatic heterocycles. The summed E-state index contributed by atoms with van der Waals surface area (Å²) in [4.78, 5) is 3.99. The summed E-state index contributed by atoms with van der Waals surface area (Å²) in [7, 11) is 0.